The van der Waals surface area contributed by atoms with E-state index in [-0.39, 0.29) is 17.9 Å². The summed E-state index contributed by atoms with van der Waals surface area (Å²) in [6.45, 7) is 7.63. The van der Waals surface area contributed by atoms with E-state index in [1.807, 2.05) is 20.8 Å². The molecule has 7 nitrogen and oxygen atoms in total. The van der Waals surface area contributed by atoms with Crippen molar-refractivity contribution in [2.75, 3.05) is 31.6 Å². The van der Waals surface area contributed by atoms with Crippen molar-refractivity contribution in [3.05, 3.63) is 18.2 Å². The van der Waals surface area contributed by atoms with Crippen LogP contribution in [0.1, 0.15) is 33.6 Å². The van der Waals surface area contributed by atoms with Gasteiger partial charge in [0.2, 0.25) is 5.91 Å². The molecule has 2 aliphatic rings. The van der Waals surface area contributed by atoms with Gasteiger partial charge >= 0.3 is 6.09 Å². The Bertz CT molecular complexity index is 675. The number of likely N-dealkylation sites (tertiary alicyclic amines) is 1. The third-order valence-corrected chi connectivity index (χ3v) is 4.33. The van der Waals surface area contributed by atoms with E-state index in [9.17, 15) is 9.59 Å². The molecule has 2 aliphatic heterocycles. The van der Waals surface area contributed by atoms with Gasteiger partial charge in [0.1, 0.15) is 18.8 Å². The topological polar surface area (TPSA) is 77.1 Å². The van der Waals surface area contributed by atoms with Crippen LogP contribution in [0.4, 0.5) is 10.5 Å². The van der Waals surface area contributed by atoms with Gasteiger partial charge in [-0.3, -0.25) is 4.79 Å². The summed E-state index contributed by atoms with van der Waals surface area (Å²) in [4.78, 5) is 26.3. The Balaban J connectivity index is 1.52. The van der Waals surface area contributed by atoms with E-state index >= 15 is 0 Å². The van der Waals surface area contributed by atoms with E-state index in [4.69, 9.17) is 14.2 Å². The number of rotatable bonds is 2. The molecule has 3 rings (SSSR count). The first-order chi connectivity index (χ1) is 12.3. The molecule has 1 N–H and O–H groups in total. The molecule has 0 aromatic heterocycles. The second-order valence-electron chi connectivity index (χ2n) is 7.59. The minimum atomic E-state index is -0.510. The summed E-state index contributed by atoms with van der Waals surface area (Å²) >= 11 is 0. The smallest absolute Gasteiger partial charge is 0.410 e. The van der Waals surface area contributed by atoms with Gasteiger partial charge in [0.25, 0.3) is 0 Å². The zero-order valence-electron chi connectivity index (χ0n) is 15.5. The second kappa shape index (κ2) is 7.43. The first-order valence-corrected chi connectivity index (χ1v) is 9.00. The van der Waals surface area contributed by atoms with Gasteiger partial charge in [-0.15, -0.1) is 0 Å². The van der Waals surface area contributed by atoms with E-state index in [2.05, 4.69) is 5.32 Å². The minimum absolute atomic E-state index is 0.0366. The highest BCUT2D eigenvalue weighted by Gasteiger charge is 2.30. The van der Waals surface area contributed by atoms with Crippen LogP contribution >= 0.6 is 0 Å². The summed E-state index contributed by atoms with van der Waals surface area (Å²) in [6, 6.07) is 5.39. The maximum atomic E-state index is 12.5. The summed E-state index contributed by atoms with van der Waals surface area (Å²) in [6.07, 6.45) is 0.925. The molecule has 7 heteroatoms. The molecule has 26 heavy (non-hydrogen) atoms. The third-order valence-electron chi connectivity index (χ3n) is 4.33. The minimum Gasteiger partial charge on any atom is -0.486 e. The zero-order chi connectivity index (χ0) is 18.7. The number of anilines is 1. The molecule has 0 spiro atoms. The van der Waals surface area contributed by atoms with Gasteiger partial charge in [-0.1, -0.05) is 0 Å². The average Bonchev–Trinajstić information content (AvgIpc) is 2.60. The van der Waals surface area contributed by atoms with Crippen molar-refractivity contribution in [3.8, 4) is 11.5 Å². The number of ether oxygens (including phenoxy) is 3. The Morgan fingerprint density at radius 3 is 2.42 bits per heavy atom. The number of benzene rings is 1. The number of hydrogen-bond donors (Lipinski definition) is 1. The molecule has 2 amide bonds. The molecule has 0 bridgehead atoms. The molecule has 1 fully saturated rings. The predicted molar refractivity (Wildman–Crippen MR) is 96.6 cm³/mol. The molecule has 0 aliphatic carbocycles. The SMILES string of the molecule is CC(C)(C)OC(=O)N1CCC(C(=O)Nc2ccc3c(c2)OCCO3)CC1. The van der Waals surface area contributed by atoms with Crippen molar-refractivity contribution >= 4 is 17.7 Å². The van der Waals surface area contributed by atoms with Crippen molar-refractivity contribution in [1.29, 1.82) is 0 Å². The van der Waals surface area contributed by atoms with Crippen molar-refractivity contribution in [2.24, 2.45) is 5.92 Å². The standard InChI is InChI=1S/C19H26N2O5/c1-19(2,3)26-18(23)21-8-6-13(7-9-21)17(22)20-14-4-5-15-16(12-14)25-11-10-24-15/h4-5,12-13H,6-11H2,1-3H3,(H,20,22). The quantitative estimate of drug-likeness (QED) is 0.875. The highest BCUT2D eigenvalue weighted by molar-refractivity contribution is 5.93. The van der Waals surface area contributed by atoms with Crippen molar-refractivity contribution in [3.63, 3.8) is 0 Å². The molecule has 0 atom stereocenters. The normalized spacial score (nSPS) is 17.6. The highest BCUT2D eigenvalue weighted by Crippen LogP contribution is 2.33. The fourth-order valence-electron chi connectivity index (χ4n) is 3.02. The van der Waals surface area contributed by atoms with E-state index in [1.165, 1.54) is 0 Å². The van der Waals surface area contributed by atoms with Crippen molar-refractivity contribution in [1.82, 2.24) is 4.90 Å². The summed E-state index contributed by atoms with van der Waals surface area (Å²) in [7, 11) is 0. The second-order valence-corrected chi connectivity index (χ2v) is 7.59. The maximum absolute atomic E-state index is 12.5. The first kappa shape index (κ1) is 18.4. The molecule has 1 saturated heterocycles. The van der Waals surface area contributed by atoms with Crippen LogP contribution in [0.3, 0.4) is 0 Å². The van der Waals surface area contributed by atoms with Crippen LogP contribution in [0.15, 0.2) is 18.2 Å². The number of nitrogens with one attached hydrogen (secondary N) is 1. The fraction of sp³-hybridized carbons (Fsp3) is 0.579. The number of nitrogens with zero attached hydrogens (tertiary/aromatic N) is 1. The highest BCUT2D eigenvalue weighted by atomic mass is 16.6. The summed E-state index contributed by atoms with van der Waals surface area (Å²) < 4.78 is 16.4. The lowest BCUT2D eigenvalue weighted by atomic mass is 9.96. The number of amides is 2. The van der Waals surface area contributed by atoms with E-state index in [1.54, 1.807) is 23.1 Å². The Morgan fingerprint density at radius 1 is 1.12 bits per heavy atom. The van der Waals surface area contributed by atoms with Crippen LogP contribution in [0, 0.1) is 5.92 Å². The van der Waals surface area contributed by atoms with Crippen molar-refractivity contribution in [2.45, 2.75) is 39.2 Å². The Labute approximate surface area is 153 Å². The number of piperidine rings is 1. The largest absolute Gasteiger partial charge is 0.486 e. The van der Waals surface area contributed by atoms with Gasteiger partial charge in [0.05, 0.1) is 0 Å². The van der Waals surface area contributed by atoms with Crippen LogP contribution in [0.5, 0.6) is 11.5 Å². The zero-order valence-corrected chi connectivity index (χ0v) is 15.5. The first-order valence-electron chi connectivity index (χ1n) is 9.00. The van der Waals surface area contributed by atoms with Gasteiger partial charge in [0.15, 0.2) is 11.5 Å². The molecule has 2 heterocycles. The molecule has 1 aromatic carbocycles. The maximum Gasteiger partial charge on any atom is 0.410 e. The third kappa shape index (κ3) is 4.59. The molecule has 1 aromatic rings. The Morgan fingerprint density at radius 2 is 1.77 bits per heavy atom. The number of carbonyl (C=O) groups is 2. The Hall–Kier alpha value is -2.44. The molecule has 0 radical (unpaired) electrons. The van der Waals surface area contributed by atoms with Crippen LogP contribution in [0.2, 0.25) is 0 Å². The van der Waals surface area contributed by atoms with Gasteiger partial charge in [-0.25, -0.2) is 4.79 Å². The van der Waals surface area contributed by atoms with Gasteiger partial charge in [-0.2, -0.15) is 0 Å². The molecule has 0 unspecified atom stereocenters. The van der Waals surface area contributed by atoms with Crippen LogP contribution in [0.25, 0.3) is 0 Å². The fourth-order valence-corrected chi connectivity index (χ4v) is 3.02. The summed E-state index contributed by atoms with van der Waals surface area (Å²) in [5, 5.41) is 2.93. The monoisotopic (exact) mass is 362 g/mol. The molecule has 0 saturated carbocycles. The molecule has 142 valence electrons. The molecular weight excluding hydrogens is 336 g/mol. The van der Waals surface area contributed by atoms with Gasteiger partial charge in [0, 0.05) is 30.8 Å². The van der Waals surface area contributed by atoms with Crippen LogP contribution in [-0.4, -0.2) is 48.8 Å². The lowest BCUT2D eigenvalue weighted by molar-refractivity contribution is -0.121. The van der Waals surface area contributed by atoms with E-state index in [0.29, 0.717) is 56.3 Å². The van der Waals surface area contributed by atoms with Gasteiger partial charge < -0.3 is 24.4 Å². The number of carbonyl (C=O) groups excluding carboxylic acids is 2. The molecular formula is C19H26N2O5. The van der Waals surface area contributed by atoms with Gasteiger partial charge in [-0.05, 0) is 45.7 Å². The number of hydrogen-bond acceptors (Lipinski definition) is 5. The van der Waals surface area contributed by atoms with E-state index in [0.717, 1.165) is 0 Å². The lowest BCUT2D eigenvalue weighted by Crippen LogP contribution is -2.43. The predicted octanol–water partition coefficient (Wildman–Crippen LogP) is 3.04. The van der Waals surface area contributed by atoms with E-state index < -0.39 is 5.60 Å². The van der Waals surface area contributed by atoms with Crippen LogP contribution in [-0.2, 0) is 9.53 Å². The average molecular weight is 362 g/mol. The lowest BCUT2D eigenvalue weighted by Gasteiger charge is -2.33. The summed E-state index contributed by atoms with van der Waals surface area (Å²) in [5.41, 5.74) is 0.178. The Kier molecular flexibility index (Phi) is 5.25. The van der Waals surface area contributed by atoms with Crippen molar-refractivity contribution < 1.29 is 23.8 Å². The number of fused-ring (bicyclic) bond motifs is 1. The summed E-state index contributed by atoms with van der Waals surface area (Å²) in [5.74, 6) is 1.18. The van der Waals surface area contributed by atoms with Crippen LogP contribution < -0.4 is 14.8 Å².